The number of nitrogens with zero attached hydrogens (tertiary/aromatic N) is 1. The van der Waals surface area contributed by atoms with Crippen molar-refractivity contribution >= 4 is 24.0 Å². The monoisotopic (exact) mass is 329 g/mol. The lowest BCUT2D eigenvalue weighted by molar-refractivity contribution is -0.385. The molecule has 1 saturated heterocycles. The summed E-state index contributed by atoms with van der Waals surface area (Å²) in [6.45, 7) is 1.62. The average molecular weight is 330 g/mol. The van der Waals surface area contributed by atoms with Gasteiger partial charge in [0, 0.05) is 30.3 Å². The molecule has 1 aromatic carbocycles. The molecular weight excluding hydrogens is 310 g/mol. The van der Waals surface area contributed by atoms with Gasteiger partial charge in [0.1, 0.15) is 0 Å². The van der Waals surface area contributed by atoms with Crippen LogP contribution in [0.25, 0.3) is 0 Å². The molecule has 1 aliphatic rings. The predicted molar refractivity (Wildman–Crippen MR) is 84.9 cm³/mol. The first-order valence-corrected chi connectivity index (χ1v) is 6.96. The third-order valence-electron chi connectivity index (χ3n) is 3.58. The standard InChI is InChI=1S/C14H19N3O4.ClH/c1-21-13-9-10(4-5-12(13)17(19)20)14(18)16-8-6-11-3-2-7-15-11;/h4-5,9,11,15H,2-3,6-8H2,1H3,(H,16,18);1H/t11-;/m1./s1. The molecule has 2 N–H and O–H groups in total. The van der Waals surface area contributed by atoms with E-state index in [0.717, 1.165) is 19.4 Å². The number of hydrogen-bond acceptors (Lipinski definition) is 5. The lowest BCUT2D eigenvalue weighted by atomic mass is 10.1. The van der Waals surface area contributed by atoms with Crippen molar-refractivity contribution < 1.29 is 14.5 Å². The highest BCUT2D eigenvalue weighted by Crippen LogP contribution is 2.27. The number of carbonyl (C=O) groups excluding carboxylic acids is 1. The number of carbonyl (C=O) groups is 1. The van der Waals surface area contributed by atoms with Crippen molar-refractivity contribution in [2.45, 2.75) is 25.3 Å². The Morgan fingerprint density at radius 2 is 2.32 bits per heavy atom. The highest BCUT2D eigenvalue weighted by Gasteiger charge is 2.18. The van der Waals surface area contributed by atoms with Gasteiger partial charge in [-0.25, -0.2) is 0 Å². The molecule has 0 bridgehead atoms. The molecule has 2 rings (SSSR count). The minimum absolute atomic E-state index is 0. The molecule has 1 aromatic rings. The minimum Gasteiger partial charge on any atom is -0.490 e. The van der Waals surface area contributed by atoms with E-state index in [9.17, 15) is 14.9 Å². The summed E-state index contributed by atoms with van der Waals surface area (Å²) in [6, 6.07) is 4.58. The van der Waals surface area contributed by atoms with Gasteiger partial charge in [0.2, 0.25) is 0 Å². The Bertz CT molecular complexity index is 533. The molecule has 1 amide bonds. The normalized spacial score (nSPS) is 16.7. The largest absolute Gasteiger partial charge is 0.490 e. The smallest absolute Gasteiger partial charge is 0.310 e. The van der Waals surface area contributed by atoms with Gasteiger partial charge >= 0.3 is 5.69 Å². The molecule has 0 unspecified atom stereocenters. The van der Waals surface area contributed by atoms with E-state index in [2.05, 4.69) is 10.6 Å². The number of hydrogen-bond donors (Lipinski definition) is 2. The second-order valence-corrected chi connectivity index (χ2v) is 4.98. The summed E-state index contributed by atoms with van der Waals surface area (Å²) in [5.74, 6) is -0.161. The second kappa shape index (κ2) is 8.55. The SMILES string of the molecule is COc1cc(C(=O)NCC[C@H]2CCCN2)ccc1[N+](=O)[O-].Cl. The molecule has 0 aliphatic carbocycles. The average Bonchev–Trinajstić information content (AvgIpc) is 2.99. The van der Waals surface area contributed by atoms with Crippen molar-refractivity contribution in [3.63, 3.8) is 0 Å². The van der Waals surface area contributed by atoms with Crippen molar-refractivity contribution in [3.8, 4) is 5.75 Å². The van der Waals surface area contributed by atoms with Crippen LogP contribution in [-0.2, 0) is 0 Å². The first kappa shape index (κ1) is 18.2. The third-order valence-corrected chi connectivity index (χ3v) is 3.58. The zero-order chi connectivity index (χ0) is 15.2. The number of methoxy groups -OCH3 is 1. The van der Waals surface area contributed by atoms with E-state index >= 15 is 0 Å². The van der Waals surface area contributed by atoms with Crippen molar-refractivity contribution in [3.05, 3.63) is 33.9 Å². The summed E-state index contributed by atoms with van der Waals surface area (Å²) in [6.07, 6.45) is 3.20. The van der Waals surface area contributed by atoms with Gasteiger partial charge in [-0.1, -0.05) is 0 Å². The Balaban J connectivity index is 0.00000242. The van der Waals surface area contributed by atoms with Crippen LogP contribution >= 0.6 is 12.4 Å². The van der Waals surface area contributed by atoms with Gasteiger partial charge in [-0.3, -0.25) is 14.9 Å². The highest BCUT2D eigenvalue weighted by molar-refractivity contribution is 5.95. The van der Waals surface area contributed by atoms with Crippen LogP contribution in [-0.4, -0.2) is 37.1 Å². The molecule has 22 heavy (non-hydrogen) atoms. The Hall–Kier alpha value is -1.86. The molecule has 0 aromatic heterocycles. The van der Waals surface area contributed by atoms with Crippen molar-refractivity contribution in [1.82, 2.24) is 10.6 Å². The maximum absolute atomic E-state index is 12.0. The summed E-state index contributed by atoms with van der Waals surface area (Å²) in [5.41, 5.74) is 0.209. The summed E-state index contributed by atoms with van der Waals surface area (Å²) in [4.78, 5) is 22.3. The van der Waals surface area contributed by atoms with Gasteiger partial charge in [-0.2, -0.15) is 0 Å². The predicted octanol–water partition coefficient (Wildman–Crippen LogP) is 1.90. The lowest BCUT2D eigenvalue weighted by Crippen LogP contribution is -2.30. The minimum atomic E-state index is -0.535. The molecule has 0 spiro atoms. The van der Waals surface area contributed by atoms with Crippen LogP contribution in [0.3, 0.4) is 0 Å². The van der Waals surface area contributed by atoms with Crippen LogP contribution < -0.4 is 15.4 Å². The van der Waals surface area contributed by atoms with E-state index in [1.807, 2.05) is 0 Å². The number of benzene rings is 1. The van der Waals surface area contributed by atoms with Crippen molar-refractivity contribution in [1.29, 1.82) is 0 Å². The molecule has 1 heterocycles. The van der Waals surface area contributed by atoms with Crippen LogP contribution in [0, 0.1) is 10.1 Å². The molecular formula is C14H20ClN3O4. The molecule has 1 aliphatic heterocycles. The van der Waals surface area contributed by atoms with Gasteiger partial charge < -0.3 is 15.4 Å². The van der Waals surface area contributed by atoms with Crippen LogP contribution in [0.1, 0.15) is 29.6 Å². The highest BCUT2D eigenvalue weighted by atomic mass is 35.5. The van der Waals surface area contributed by atoms with Crippen molar-refractivity contribution in [2.75, 3.05) is 20.2 Å². The fourth-order valence-electron chi connectivity index (χ4n) is 2.43. The van der Waals surface area contributed by atoms with E-state index in [0.29, 0.717) is 18.2 Å². The van der Waals surface area contributed by atoms with Crippen LogP contribution in [0.4, 0.5) is 5.69 Å². The van der Waals surface area contributed by atoms with Gasteiger partial charge in [0.05, 0.1) is 12.0 Å². The third kappa shape index (κ3) is 4.57. The van der Waals surface area contributed by atoms with E-state index in [4.69, 9.17) is 4.74 Å². The maximum Gasteiger partial charge on any atom is 0.310 e. The zero-order valence-corrected chi connectivity index (χ0v) is 13.1. The molecule has 1 fully saturated rings. The number of nitrogens with one attached hydrogen (secondary N) is 2. The molecule has 0 radical (unpaired) electrons. The number of ether oxygens (including phenoxy) is 1. The lowest BCUT2D eigenvalue weighted by Gasteiger charge is -2.11. The van der Waals surface area contributed by atoms with Gasteiger partial charge in [0.15, 0.2) is 5.75 Å². The molecule has 0 saturated carbocycles. The Morgan fingerprint density at radius 1 is 1.55 bits per heavy atom. The maximum atomic E-state index is 12.0. The Labute approximate surface area is 135 Å². The van der Waals surface area contributed by atoms with E-state index in [1.165, 1.54) is 31.7 Å². The number of nitro groups is 1. The van der Waals surface area contributed by atoms with Gasteiger partial charge in [-0.05, 0) is 31.9 Å². The zero-order valence-electron chi connectivity index (χ0n) is 12.3. The topological polar surface area (TPSA) is 93.5 Å². The van der Waals surface area contributed by atoms with E-state index < -0.39 is 4.92 Å². The van der Waals surface area contributed by atoms with E-state index in [1.54, 1.807) is 0 Å². The fraction of sp³-hybridized carbons (Fsp3) is 0.500. The number of rotatable bonds is 6. The quantitative estimate of drug-likeness (QED) is 0.614. The second-order valence-electron chi connectivity index (χ2n) is 4.98. The van der Waals surface area contributed by atoms with Crippen LogP contribution in [0.2, 0.25) is 0 Å². The molecule has 7 nitrogen and oxygen atoms in total. The number of amides is 1. The first-order chi connectivity index (χ1) is 10.1. The summed E-state index contributed by atoms with van der Waals surface area (Å²) in [5, 5.41) is 17.0. The molecule has 122 valence electrons. The van der Waals surface area contributed by atoms with Crippen molar-refractivity contribution in [2.24, 2.45) is 0 Å². The van der Waals surface area contributed by atoms with E-state index in [-0.39, 0.29) is 29.8 Å². The molecule has 8 heteroatoms. The number of halogens is 1. The fourth-order valence-corrected chi connectivity index (χ4v) is 2.43. The summed E-state index contributed by atoms with van der Waals surface area (Å²) >= 11 is 0. The van der Waals surface area contributed by atoms with Gasteiger partial charge in [0.25, 0.3) is 5.91 Å². The first-order valence-electron chi connectivity index (χ1n) is 6.96. The summed E-state index contributed by atoms with van der Waals surface area (Å²) in [7, 11) is 1.34. The van der Waals surface area contributed by atoms with Crippen LogP contribution in [0.15, 0.2) is 18.2 Å². The van der Waals surface area contributed by atoms with Crippen LogP contribution in [0.5, 0.6) is 5.75 Å². The summed E-state index contributed by atoms with van der Waals surface area (Å²) < 4.78 is 4.95. The Morgan fingerprint density at radius 3 is 2.91 bits per heavy atom. The Kier molecular flexibility index (Phi) is 7.07. The number of nitro benzene ring substituents is 1. The van der Waals surface area contributed by atoms with Gasteiger partial charge in [-0.15, -0.1) is 12.4 Å². The molecule has 1 atom stereocenters.